The molecule has 2 rings (SSSR count). The van der Waals surface area contributed by atoms with Gasteiger partial charge in [-0.15, -0.1) is 0 Å². The van der Waals surface area contributed by atoms with Crippen molar-refractivity contribution in [2.24, 2.45) is 0 Å². The van der Waals surface area contributed by atoms with Crippen LogP contribution >= 0.6 is 0 Å². The van der Waals surface area contributed by atoms with Crippen LogP contribution in [0.1, 0.15) is 24.0 Å². The molecule has 0 aliphatic carbocycles. The van der Waals surface area contributed by atoms with Gasteiger partial charge >= 0.3 is 11.9 Å². The molecule has 6 heteroatoms. The van der Waals surface area contributed by atoms with Gasteiger partial charge in [0.05, 0.1) is 14.2 Å². The minimum atomic E-state index is -1.15. The maximum Gasteiger partial charge on any atom is 0.332 e. The molecule has 2 aromatic carbocycles. The van der Waals surface area contributed by atoms with Gasteiger partial charge in [0.15, 0.2) is 0 Å². The molecule has 0 heterocycles. The summed E-state index contributed by atoms with van der Waals surface area (Å²) in [4.78, 5) is 22.8. The third-order valence-corrected chi connectivity index (χ3v) is 3.91. The lowest BCUT2D eigenvalue weighted by Gasteiger charge is -2.14. The minimum absolute atomic E-state index is 0.0442. The highest BCUT2D eigenvalue weighted by molar-refractivity contribution is 6.01. The van der Waals surface area contributed by atoms with Crippen molar-refractivity contribution in [1.29, 1.82) is 0 Å². The molecule has 136 valence electrons. The number of carbonyl (C=O) groups is 2. The second-order valence-electron chi connectivity index (χ2n) is 5.51. The van der Waals surface area contributed by atoms with E-state index in [2.05, 4.69) is 0 Å². The van der Waals surface area contributed by atoms with E-state index in [4.69, 9.17) is 14.6 Å². The average Bonchev–Trinajstić information content (AvgIpc) is 2.65. The summed E-state index contributed by atoms with van der Waals surface area (Å²) in [7, 11) is 3.09. The summed E-state index contributed by atoms with van der Waals surface area (Å²) in [5.41, 5.74) is 1.85. The van der Waals surface area contributed by atoms with E-state index in [1.165, 1.54) is 0 Å². The second-order valence-corrected chi connectivity index (χ2v) is 5.51. The smallest absolute Gasteiger partial charge is 0.332 e. The van der Waals surface area contributed by atoms with Gasteiger partial charge in [-0.05, 0) is 47.4 Å². The Morgan fingerprint density at radius 1 is 0.769 bits per heavy atom. The zero-order chi connectivity index (χ0) is 19.1. The lowest BCUT2D eigenvalue weighted by atomic mass is 9.90. The van der Waals surface area contributed by atoms with Crippen molar-refractivity contribution >= 4 is 17.5 Å². The molecule has 0 spiro atoms. The van der Waals surface area contributed by atoms with Crippen molar-refractivity contribution in [3.63, 3.8) is 0 Å². The van der Waals surface area contributed by atoms with Crippen molar-refractivity contribution in [1.82, 2.24) is 0 Å². The maximum atomic E-state index is 11.8. The fraction of sp³-hybridized carbons (Fsp3) is 0.200. The molecule has 6 nitrogen and oxygen atoms in total. The molecule has 0 fully saturated rings. The van der Waals surface area contributed by atoms with E-state index in [9.17, 15) is 14.7 Å². The van der Waals surface area contributed by atoms with Gasteiger partial charge < -0.3 is 19.7 Å². The Bertz CT molecular complexity index is 754. The summed E-state index contributed by atoms with van der Waals surface area (Å²) in [6, 6.07) is 13.9. The zero-order valence-corrected chi connectivity index (χ0v) is 14.6. The fourth-order valence-corrected chi connectivity index (χ4v) is 2.60. The van der Waals surface area contributed by atoms with Gasteiger partial charge in [-0.25, -0.2) is 4.79 Å². The summed E-state index contributed by atoms with van der Waals surface area (Å²) in [5.74, 6) is -0.907. The van der Waals surface area contributed by atoms with Crippen molar-refractivity contribution in [3.05, 3.63) is 65.2 Å². The topological polar surface area (TPSA) is 93.1 Å². The molecule has 0 aliphatic rings. The van der Waals surface area contributed by atoms with Crippen LogP contribution in [-0.4, -0.2) is 36.4 Å². The van der Waals surface area contributed by atoms with E-state index >= 15 is 0 Å². The quantitative estimate of drug-likeness (QED) is 0.704. The van der Waals surface area contributed by atoms with E-state index in [1.54, 1.807) is 62.8 Å². The number of rotatable bonds is 8. The normalized spacial score (nSPS) is 10.1. The van der Waals surface area contributed by atoms with Gasteiger partial charge in [-0.2, -0.15) is 0 Å². The van der Waals surface area contributed by atoms with Crippen LogP contribution in [0.4, 0.5) is 0 Å². The number of carboxylic acid groups (broad SMARTS) is 2. The van der Waals surface area contributed by atoms with Gasteiger partial charge in [0.2, 0.25) is 0 Å². The van der Waals surface area contributed by atoms with Crippen molar-refractivity contribution < 1.29 is 29.3 Å². The van der Waals surface area contributed by atoms with E-state index in [-0.39, 0.29) is 18.4 Å². The third kappa shape index (κ3) is 4.63. The highest BCUT2D eigenvalue weighted by Gasteiger charge is 2.19. The van der Waals surface area contributed by atoms with E-state index < -0.39 is 11.9 Å². The largest absolute Gasteiger partial charge is 0.497 e. The molecule has 2 aromatic rings. The van der Waals surface area contributed by atoms with Crippen LogP contribution in [0, 0.1) is 0 Å². The minimum Gasteiger partial charge on any atom is -0.497 e. The Kier molecular flexibility index (Phi) is 6.38. The molecule has 0 unspecified atom stereocenters. The number of methoxy groups -OCH3 is 2. The number of hydrogen-bond donors (Lipinski definition) is 2. The Balaban J connectivity index is 2.62. The molecule has 0 bridgehead atoms. The Morgan fingerprint density at radius 2 is 1.19 bits per heavy atom. The molecule has 0 saturated carbocycles. The van der Waals surface area contributed by atoms with Gasteiger partial charge in [-0.3, -0.25) is 4.79 Å². The third-order valence-electron chi connectivity index (χ3n) is 3.91. The summed E-state index contributed by atoms with van der Waals surface area (Å²) in [6.45, 7) is 0. The van der Waals surface area contributed by atoms with Gasteiger partial charge in [0.1, 0.15) is 11.5 Å². The number of aliphatic carboxylic acids is 2. The summed E-state index contributed by atoms with van der Waals surface area (Å²) in [6.07, 6.45) is -0.352. The highest BCUT2D eigenvalue weighted by atomic mass is 16.5. The number of carboxylic acids is 2. The maximum absolute atomic E-state index is 11.8. The molecular formula is C20H20O6. The van der Waals surface area contributed by atoms with Gasteiger partial charge in [-0.1, -0.05) is 24.3 Å². The first-order chi connectivity index (χ1) is 12.5. The molecule has 0 aliphatic heterocycles. The molecule has 0 atom stereocenters. The molecule has 0 saturated heterocycles. The first kappa shape index (κ1) is 19.1. The van der Waals surface area contributed by atoms with Crippen LogP contribution in [0.25, 0.3) is 5.57 Å². The summed E-state index contributed by atoms with van der Waals surface area (Å²) in [5, 5.41) is 18.6. The van der Waals surface area contributed by atoms with Crippen molar-refractivity contribution in [2.45, 2.75) is 12.8 Å². The van der Waals surface area contributed by atoms with E-state index in [0.29, 0.717) is 28.2 Å². The lowest BCUT2D eigenvalue weighted by molar-refractivity contribution is -0.137. The summed E-state index contributed by atoms with van der Waals surface area (Å²) >= 11 is 0. The fourth-order valence-electron chi connectivity index (χ4n) is 2.60. The molecule has 0 amide bonds. The van der Waals surface area contributed by atoms with E-state index in [0.717, 1.165) is 0 Å². The predicted molar refractivity (Wildman–Crippen MR) is 96.5 cm³/mol. The number of benzene rings is 2. The van der Waals surface area contributed by atoms with Crippen molar-refractivity contribution in [2.75, 3.05) is 14.2 Å². The first-order valence-electron chi connectivity index (χ1n) is 7.93. The number of hydrogen-bond acceptors (Lipinski definition) is 4. The average molecular weight is 356 g/mol. The van der Waals surface area contributed by atoms with E-state index in [1.807, 2.05) is 0 Å². The second kappa shape index (κ2) is 8.71. The summed E-state index contributed by atoms with van der Waals surface area (Å²) < 4.78 is 10.3. The lowest BCUT2D eigenvalue weighted by Crippen LogP contribution is -2.08. The van der Waals surface area contributed by atoms with Crippen molar-refractivity contribution in [3.8, 4) is 11.5 Å². The molecule has 0 aromatic heterocycles. The van der Waals surface area contributed by atoms with Crippen LogP contribution in [0.5, 0.6) is 11.5 Å². The molecule has 26 heavy (non-hydrogen) atoms. The predicted octanol–water partition coefficient (Wildman–Crippen LogP) is 3.46. The zero-order valence-electron chi connectivity index (χ0n) is 14.6. The number of ether oxygens (including phenoxy) is 2. The van der Waals surface area contributed by atoms with Crippen LogP contribution < -0.4 is 9.47 Å². The van der Waals surface area contributed by atoms with Crippen LogP contribution in [0.3, 0.4) is 0 Å². The standard InChI is InChI=1S/C20H20O6/c1-25-15-7-3-13(4-8-15)19(14-5-9-16(26-2)10-6-14)17(20(23)24)11-12-18(21)22/h3-10H,11-12H2,1-2H3,(H,21,22)(H,23,24). The monoisotopic (exact) mass is 356 g/mol. The highest BCUT2D eigenvalue weighted by Crippen LogP contribution is 2.31. The molecule has 0 radical (unpaired) electrons. The van der Waals surface area contributed by atoms with Gasteiger partial charge in [0.25, 0.3) is 0 Å². The molecule has 2 N–H and O–H groups in total. The molecular weight excluding hydrogens is 336 g/mol. The first-order valence-corrected chi connectivity index (χ1v) is 7.93. The van der Waals surface area contributed by atoms with Gasteiger partial charge in [0, 0.05) is 12.0 Å². The SMILES string of the molecule is COc1ccc(C(=C(CCC(=O)O)C(=O)O)c2ccc(OC)cc2)cc1. The Morgan fingerprint density at radius 3 is 1.50 bits per heavy atom. The van der Waals surface area contributed by atoms with Crippen LogP contribution in [0.15, 0.2) is 54.1 Å². The van der Waals surface area contributed by atoms with Crippen LogP contribution in [-0.2, 0) is 9.59 Å². The Hall–Kier alpha value is -3.28. The Labute approximate surface area is 151 Å². The van der Waals surface area contributed by atoms with Crippen LogP contribution in [0.2, 0.25) is 0 Å².